The van der Waals surface area contributed by atoms with E-state index in [1.807, 2.05) is 0 Å². The zero-order chi connectivity index (χ0) is 11.7. The van der Waals surface area contributed by atoms with Gasteiger partial charge in [-0.1, -0.05) is 0 Å². The third-order valence-electron chi connectivity index (χ3n) is 2.76. The summed E-state index contributed by atoms with van der Waals surface area (Å²) in [6, 6.07) is 1.18. The van der Waals surface area contributed by atoms with Crippen molar-refractivity contribution in [1.29, 1.82) is 0 Å². The van der Waals surface area contributed by atoms with Crippen LogP contribution in [0.1, 0.15) is 22.6 Å². The smallest absolute Gasteiger partial charge is 0.274 e. The van der Waals surface area contributed by atoms with E-state index in [-0.39, 0.29) is 31.2 Å². The van der Waals surface area contributed by atoms with Crippen LogP contribution in [0.2, 0.25) is 0 Å². The van der Waals surface area contributed by atoms with E-state index in [9.17, 15) is 9.18 Å². The number of likely N-dealkylation sites (tertiary alicyclic amines) is 1. The molecule has 1 saturated heterocycles. The number of H-pyrrole nitrogens is 1. The molecule has 1 aromatic heterocycles. The molecule has 1 fully saturated rings. The number of carbonyl (C=O) groups excluding carboxylic acids is 1. The molecule has 0 aliphatic carbocycles. The lowest BCUT2D eigenvalue weighted by Gasteiger charge is -2.21. The van der Waals surface area contributed by atoms with Crippen molar-refractivity contribution in [3.8, 4) is 0 Å². The minimum Gasteiger partial charge on any atom is -0.394 e. The maximum atomic E-state index is 13.2. The third kappa shape index (κ3) is 1.92. The largest absolute Gasteiger partial charge is 0.394 e. The van der Waals surface area contributed by atoms with Gasteiger partial charge in [-0.3, -0.25) is 9.89 Å². The fourth-order valence-corrected chi connectivity index (χ4v) is 1.96. The average molecular weight is 227 g/mol. The highest BCUT2D eigenvalue weighted by molar-refractivity contribution is 5.92. The maximum Gasteiger partial charge on any atom is 0.274 e. The highest BCUT2D eigenvalue weighted by Gasteiger charge is 2.35. The summed E-state index contributed by atoms with van der Waals surface area (Å²) in [5, 5.41) is 15.6. The van der Waals surface area contributed by atoms with Gasteiger partial charge in [-0.15, -0.1) is 0 Å². The summed E-state index contributed by atoms with van der Waals surface area (Å²) in [7, 11) is 0. The highest BCUT2D eigenvalue weighted by atomic mass is 19.1. The number of hydrogen-bond acceptors (Lipinski definition) is 3. The maximum absolute atomic E-state index is 13.2. The minimum absolute atomic E-state index is 0.0377. The van der Waals surface area contributed by atoms with Crippen molar-refractivity contribution in [3.63, 3.8) is 0 Å². The lowest BCUT2D eigenvalue weighted by molar-refractivity contribution is 0.0667. The fourth-order valence-electron chi connectivity index (χ4n) is 1.96. The predicted molar refractivity (Wildman–Crippen MR) is 54.7 cm³/mol. The SMILES string of the molecule is Cc1cc(C(=O)N2C[C@@H](F)C[C@H]2CO)n[nH]1. The molecule has 2 heterocycles. The number of aromatic nitrogens is 2. The van der Waals surface area contributed by atoms with Gasteiger partial charge in [0, 0.05) is 12.1 Å². The average Bonchev–Trinajstić information content (AvgIpc) is 2.83. The number of carbonyl (C=O) groups is 1. The van der Waals surface area contributed by atoms with Crippen molar-refractivity contribution >= 4 is 5.91 Å². The summed E-state index contributed by atoms with van der Waals surface area (Å²) in [6.07, 6.45) is -0.854. The Morgan fingerprint density at radius 2 is 2.56 bits per heavy atom. The lowest BCUT2D eigenvalue weighted by atomic mass is 10.2. The third-order valence-corrected chi connectivity index (χ3v) is 2.76. The number of nitrogens with zero attached hydrogens (tertiary/aromatic N) is 2. The van der Waals surface area contributed by atoms with Gasteiger partial charge in [-0.25, -0.2) is 4.39 Å². The molecule has 5 nitrogen and oxygen atoms in total. The van der Waals surface area contributed by atoms with Crippen LogP contribution in [0.25, 0.3) is 0 Å². The molecule has 0 aromatic carbocycles. The van der Waals surface area contributed by atoms with Gasteiger partial charge in [-0.05, 0) is 13.0 Å². The van der Waals surface area contributed by atoms with Crippen molar-refractivity contribution in [2.75, 3.05) is 13.2 Å². The Balaban J connectivity index is 2.15. The fraction of sp³-hybridized carbons (Fsp3) is 0.600. The predicted octanol–water partition coefficient (Wildman–Crippen LogP) is 0.263. The summed E-state index contributed by atoms with van der Waals surface area (Å²) in [5.41, 5.74) is 1.05. The highest BCUT2D eigenvalue weighted by Crippen LogP contribution is 2.21. The Labute approximate surface area is 92.3 Å². The van der Waals surface area contributed by atoms with Gasteiger partial charge in [0.1, 0.15) is 11.9 Å². The van der Waals surface area contributed by atoms with Gasteiger partial charge in [0.25, 0.3) is 5.91 Å². The zero-order valence-corrected chi connectivity index (χ0v) is 8.98. The molecule has 1 aliphatic heterocycles. The zero-order valence-electron chi connectivity index (χ0n) is 8.98. The van der Waals surface area contributed by atoms with E-state index in [0.29, 0.717) is 0 Å². The summed E-state index contributed by atoms with van der Waals surface area (Å²) in [4.78, 5) is 13.3. The van der Waals surface area contributed by atoms with Crippen molar-refractivity contribution in [2.24, 2.45) is 0 Å². The van der Waals surface area contributed by atoms with E-state index in [1.165, 1.54) is 4.90 Å². The van der Waals surface area contributed by atoms with Crippen molar-refractivity contribution in [1.82, 2.24) is 15.1 Å². The van der Waals surface area contributed by atoms with E-state index in [1.54, 1.807) is 13.0 Å². The normalized spacial score (nSPS) is 25.1. The summed E-state index contributed by atoms with van der Waals surface area (Å²) >= 11 is 0. The van der Waals surface area contributed by atoms with Crippen LogP contribution in [0, 0.1) is 6.92 Å². The molecule has 0 bridgehead atoms. The van der Waals surface area contributed by atoms with E-state index >= 15 is 0 Å². The minimum atomic E-state index is -1.05. The molecule has 1 amide bonds. The van der Waals surface area contributed by atoms with Crippen molar-refractivity contribution < 1.29 is 14.3 Å². The Hall–Kier alpha value is -1.43. The lowest BCUT2D eigenvalue weighted by Crippen LogP contribution is -2.38. The molecular formula is C10H14FN3O2. The number of halogens is 1. The summed E-state index contributed by atoms with van der Waals surface area (Å²) in [6.45, 7) is 1.61. The molecule has 1 aromatic rings. The van der Waals surface area contributed by atoms with Crippen LogP contribution >= 0.6 is 0 Å². The Bertz CT molecular complexity index is 393. The molecule has 1 aliphatic rings. The van der Waals surface area contributed by atoms with Crippen molar-refractivity contribution in [2.45, 2.75) is 25.6 Å². The number of aromatic amines is 1. The van der Waals surface area contributed by atoms with Crippen LogP contribution in [0.4, 0.5) is 4.39 Å². The molecular weight excluding hydrogens is 213 g/mol. The number of amides is 1. The van der Waals surface area contributed by atoms with Crippen LogP contribution in [-0.4, -0.2) is 51.5 Å². The number of aliphatic hydroxyl groups excluding tert-OH is 1. The van der Waals surface area contributed by atoms with E-state index in [2.05, 4.69) is 10.2 Å². The van der Waals surface area contributed by atoms with Crippen LogP contribution in [0.15, 0.2) is 6.07 Å². The van der Waals surface area contributed by atoms with Gasteiger partial charge < -0.3 is 10.0 Å². The topological polar surface area (TPSA) is 69.2 Å². The quantitative estimate of drug-likeness (QED) is 0.761. The Morgan fingerprint density at radius 3 is 3.12 bits per heavy atom. The molecule has 6 heteroatoms. The molecule has 88 valence electrons. The summed E-state index contributed by atoms with van der Waals surface area (Å²) < 4.78 is 13.2. The van der Waals surface area contributed by atoms with E-state index in [0.717, 1.165) is 5.69 Å². The van der Waals surface area contributed by atoms with Gasteiger partial charge in [0.15, 0.2) is 0 Å². The molecule has 0 spiro atoms. The number of aryl methyl sites for hydroxylation is 1. The van der Waals surface area contributed by atoms with Gasteiger partial charge >= 0.3 is 0 Å². The number of hydrogen-bond donors (Lipinski definition) is 2. The summed E-state index contributed by atoms with van der Waals surface area (Å²) in [5.74, 6) is -0.330. The monoisotopic (exact) mass is 227 g/mol. The van der Waals surface area contributed by atoms with Crippen LogP contribution in [-0.2, 0) is 0 Å². The molecule has 16 heavy (non-hydrogen) atoms. The van der Waals surface area contributed by atoms with Crippen LogP contribution in [0.3, 0.4) is 0 Å². The van der Waals surface area contributed by atoms with E-state index < -0.39 is 12.2 Å². The molecule has 0 saturated carbocycles. The first-order chi connectivity index (χ1) is 7.61. The number of aliphatic hydroxyl groups is 1. The number of alkyl halides is 1. The number of rotatable bonds is 2. The molecule has 2 atom stereocenters. The first-order valence-corrected chi connectivity index (χ1v) is 5.19. The Morgan fingerprint density at radius 1 is 1.81 bits per heavy atom. The molecule has 0 unspecified atom stereocenters. The van der Waals surface area contributed by atoms with Gasteiger partial charge in [-0.2, -0.15) is 5.10 Å². The Kier molecular flexibility index (Phi) is 2.91. The second kappa shape index (κ2) is 4.21. The number of nitrogens with one attached hydrogen (secondary N) is 1. The molecule has 0 radical (unpaired) electrons. The molecule has 2 N–H and O–H groups in total. The first-order valence-electron chi connectivity index (χ1n) is 5.19. The first kappa shape index (κ1) is 11.1. The van der Waals surface area contributed by atoms with Crippen LogP contribution in [0.5, 0.6) is 0 Å². The second-order valence-electron chi connectivity index (χ2n) is 4.06. The standard InChI is InChI=1S/C10H14FN3O2/c1-6-2-9(13-12-6)10(16)14-4-7(11)3-8(14)5-15/h2,7-8,15H,3-5H2,1H3,(H,12,13)/t7-,8-/m0/s1. The van der Waals surface area contributed by atoms with Crippen LogP contribution < -0.4 is 0 Å². The van der Waals surface area contributed by atoms with Gasteiger partial charge in [0.05, 0.1) is 19.2 Å². The van der Waals surface area contributed by atoms with Crippen molar-refractivity contribution in [3.05, 3.63) is 17.5 Å². The van der Waals surface area contributed by atoms with Gasteiger partial charge in [0.2, 0.25) is 0 Å². The van der Waals surface area contributed by atoms with E-state index in [4.69, 9.17) is 5.11 Å². The molecule has 2 rings (SSSR count). The second-order valence-corrected chi connectivity index (χ2v) is 4.06.